The predicted octanol–water partition coefficient (Wildman–Crippen LogP) is 0.917. The lowest BCUT2D eigenvalue weighted by molar-refractivity contribution is -0.140. The van der Waals surface area contributed by atoms with E-state index in [4.69, 9.17) is 14.6 Å². The number of aliphatic carboxylic acids is 1. The largest absolute Gasteiger partial charge is 0.480 e. The SMILES string of the molecule is Cc1ccc2oc(C(=O)NC(CO)C(=O)O)cc2c1. The van der Waals surface area contributed by atoms with Gasteiger partial charge in [-0.3, -0.25) is 4.79 Å². The van der Waals surface area contributed by atoms with E-state index in [1.54, 1.807) is 6.07 Å². The average Bonchev–Trinajstić information content (AvgIpc) is 2.78. The molecule has 6 heteroatoms. The van der Waals surface area contributed by atoms with E-state index in [9.17, 15) is 9.59 Å². The first-order chi connectivity index (χ1) is 9.01. The van der Waals surface area contributed by atoms with E-state index >= 15 is 0 Å². The molecule has 0 aliphatic rings. The number of carboxylic acid groups (broad SMARTS) is 1. The van der Waals surface area contributed by atoms with Crippen molar-refractivity contribution in [1.29, 1.82) is 0 Å². The number of carboxylic acids is 1. The molecule has 0 radical (unpaired) electrons. The van der Waals surface area contributed by atoms with Crippen LogP contribution in [0.5, 0.6) is 0 Å². The van der Waals surface area contributed by atoms with Crippen molar-refractivity contribution in [2.45, 2.75) is 13.0 Å². The summed E-state index contributed by atoms with van der Waals surface area (Å²) in [6, 6.07) is 5.63. The zero-order valence-corrected chi connectivity index (χ0v) is 10.2. The van der Waals surface area contributed by atoms with Gasteiger partial charge in [0.25, 0.3) is 5.91 Å². The van der Waals surface area contributed by atoms with Gasteiger partial charge in [0.1, 0.15) is 5.58 Å². The molecule has 2 rings (SSSR count). The highest BCUT2D eigenvalue weighted by molar-refractivity contribution is 5.98. The maximum absolute atomic E-state index is 11.8. The van der Waals surface area contributed by atoms with Gasteiger partial charge in [-0.25, -0.2) is 4.79 Å². The fraction of sp³-hybridized carbons (Fsp3) is 0.231. The molecule has 2 aromatic rings. The molecule has 1 amide bonds. The number of benzene rings is 1. The van der Waals surface area contributed by atoms with E-state index in [0.717, 1.165) is 10.9 Å². The normalized spacial score (nSPS) is 12.3. The summed E-state index contributed by atoms with van der Waals surface area (Å²) in [5.41, 5.74) is 1.57. The number of hydrogen-bond donors (Lipinski definition) is 3. The van der Waals surface area contributed by atoms with Gasteiger partial charge in [-0.05, 0) is 25.1 Å². The molecule has 0 bridgehead atoms. The summed E-state index contributed by atoms with van der Waals surface area (Å²) < 4.78 is 5.32. The molecule has 0 aliphatic carbocycles. The van der Waals surface area contributed by atoms with Crippen LogP contribution in [0.3, 0.4) is 0 Å². The molecule has 1 atom stereocenters. The highest BCUT2D eigenvalue weighted by atomic mass is 16.4. The summed E-state index contributed by atoms with van der Waals surface area (Å²) in [6.07, 6.45) is 0. The molecular weight excluding hydrogens is 250 g/mol. The van der Waals surface area contributed by atoms with Crippen LogP contribution in [0.1, 0.15) is 16.1 Å². The molecule has 1 aromatic heterocycles. The van der Waals surface area contributed by atoms with Crippen molar-refractivity contribution in [2.75, 3.05) is 6.61 Å². The minimum Gasteiger partial charge on any atom is -0.480 e. The van der Waals surface area contributed by atoms with Gasteiger partial charge >= 0.3 is 5.97 Å². The van der Waals surface area contributed by atoms with Gasteiger partial charge in [-0.15, -0.1) is 0 Å². The number of aryl methyl sites for hydroxylation is 1. The van der Waals surface area contributed by atoms with Crippen LogP contribution >= 0.6 is 0 Å². The Balaban J connectivity index is 2.24. The van der Waals surface area contributed by atoms with Crippen LogP contribution in [0.2, 0.25) is 0 Å². The monoisotopic (exact) mass is 263 g/mol. The van der Waals surface area contributed by atoms with Crippen LogP contribution in [0.25, 0.3) is 11.0 Å². The minimum atomic E-state index is -1.34. The maximum Gasteiger partial charge on any atom is 0.328 e. The number of aliphatic hydroxyl groups is 1. The second kappa shape index (κ2) is 5.11. The highest BCUT2D eigenvalue weighted by Crippen LogP contribution is 2.20. The maximum atomic E-state index is 11.8. The Morgan fingerprint density at radius 3 is 2.74 bits per heavy atom. The number of aliphatic hydroxyl groups excluding tert-OH is 1. The predicted molar refractivity (Wildman–Crippen MR) is 66.9 cm³/mol. The number of hydrogen-bond acceptors (Lipinski definition) is 4. The Morgan fingerprint density at radius 2 is 2.11 bits per heavy atom. The second-order valence-corrected chi connectivity index (χ2v) is 4.20. The molecule has 0 saturated heterocycles. The fourth-order valence-electron chi connectivity index (χ4n) is 1.69. The van der Waals surface area contributed by atoms with Crippen LogP contribution in [0, 0.1) is 6.92 Å². The summed E-state index contributed by atoms with van der Waals surface area (Å²) in [7, 11) is 0. The third-order valence-corrected chi connectivity index (χ3v) is 2.68. The van der Waals surface area contributed by atoms with E-state index in [2.05, 4.69) is 5.32 Å². The Bertz CT molecular complexity index is 631. The van der Waals surface area contributed by atoms with Crippen LogP contribution in [0.4, 0.5) is 0 Å². The Labute approximate surface area is 108 Å². The Kier molecular flexibility index (Phi) is 3.52. The van der Waals surface area contributed by atoms with Gasteiger partial charge in [0.2, 0.25) is 0 Å². The summed E-state index contributed by atoms with van der Waals surface area (Å²) in [4.78, 5) is 22.5. The summed E-state index contributed by atoms with van der Waals surface area (Å²) >= 11 is 0. The van der Waals surface area contributed by atoms with E-state index in [0.29, 0.717) is 5.58 Å². The quantitative estimate of drug-likeness (QED) is 0.761. The van der Waals surface area contributed by atoms with E-state index in [-0.39, 0.29) is 5.76 Å². The lowest BCUT2D eigenvalue weighted by Crippen LogP contribution is -2.43. The van der Waals surface area contributed by atoms with Gasteiger partial charge in [-0.1, -0.05) is 11.6 Å². The number of carbonyl (C=O) groups is 2. The van der Waals surface area contributed by atoms with Crippen molar-refractivity contribution < 1.29 is 24.2 Å². The molecule has 100 valence electrons. The molecule has 1 heterocycles. The van der Waals surface area contributed by atoms with Crippen molar-refractivity contribution in [3.05, 3.63) is 35.6 Å². The standard InChI is InChI=1S/C13H13NO5/c1-7-2-3-10-8(4-7)5-11(19-10)12(16)14-9(6-15)13(17)18/h2-5,9,15H,6H2,1H3,(H,14,16)(H,17,18). The third kappa shape index (κ3) is 2.74. The lowest BCUT2D eigenvalue weighted by atomic mass is 10.2. The van der Waals surface area contributed by atoms with Crippen molar-refractivity contribution in [3.8, 4) is 0 Å². The van der Waals surface area contributed by atoms with Gasteiger partial charge in [-0.2, -0.15) is 0 Å². The van der Waals surface area contributed by atoms with Crippen molar-refractivity contribution in [1.82, 2.24) is 5.32 Å². The molecule has 0 aliphatic heterocycles. The van der Waals surface area contributed by atoms with E-state index < -0.39 is 24.5 Å². The van der Waals surface area contributed by atoms with Crippen LogP contribution < -0.4 is 5.32 Å². The van der Waals surface area contributed by atoms with Gasteiger partial charge in [0.05, 0.1) is 6.61 Å². The number of nitrogens with one attached hydrogen (secondary N) is 1. The Morgan fingerprint density at radius 1 is 1.37 bits per heavy atom. The zero-order valence-electron chi connectivity index (χ0n) is 10.2. The third-order valence-electron chi connectivity index (χ3n) is 2.68. The highest BCUT2D eigenvalue weighted by Gasteiger charge is 2.21. The fourth-order valence-corrected chi connectivity index (χ4v) is 1.69. The smallest absolute Gasteiger partial charge is 0.328 e. The molecular formula is C13H13NO5. The molecule has 1 aromatic carbocycles. The molecule has 3 N–H and O–H groups in total. The number of carbonyl (C=O) groups excluding carboxylic acids is 1. The molecule has 0 saturated carbocycles. The summed E-state index contributed by atoms with van der Waals surface area (Å²) in [5, 5.41) is 20.5. The zero-order chi connectivity index (χ0) is 14.0. The minimum absolute atomic E-state index is 0.0142. The van der Waals surface area contributed by atoms with Crippen molar-refractivity contribution in [3.63, 3.8) is 0 Å². The first-order valence-corrected chi connectivity index (χ1v) is 5.66. The summed E-state index contributed by atoms with van der Waals surface area (Å²) in [6.45, 7) is 1.23. The second-order valence-electron chi connectivity index (χ2n) is 4.20. The molecule has 6 nitrogen and oxygen atoms in total. The van der Waals surface area contributed by atoms with Crippen LogP contribution in [-0.2, 0) is 4.79 Å². The molecule has 1 unspecified atom stereocenters. The first kappa shape index (κ1) is 13.1. The molecule has 0 fully saturated rings. The number of rotatable bonds is 4. The topological polar surface area (TPSA) is 99.8 Å². The first-order valence-electron chi connectivity index (χ1n) is 5.66. The van der Waals surface area contributed by atoms with E-state index in [1.807, 2.05) is 19.1 Å². The Hall–Kier alpha value is -2.34. The summed E-state index contributed by atoms with van der Waals surface area (Å²) in [5.74, 6) is -1.96. The van der Waals surface area contributed by atoms with Gasteiger partial charge in [0.15, 0.2) is 11.8 Å². The average molecular weight is 263 g/mol. The van der Waals surface area contributed by atoms with Crippen LogP contribution in [0.15, 0.2) is 28.7 Å². The number of amides is 1. The molecule has 0 spiro atoms. The van der Waals surface area contributed by atoms with Gasteiger partial charge < -0.3 is 19.9 Å². The molecule has 19 heavy (non-hydrogen) atoms. The van der Waals surface area contributed by atoms with Crippen molar-refractivity contribution in [2.24, 2.45) is 0 Å². The number of furan rings is 1. The number of fused-ring (bicyclic) bond motifs is 1. The van der Waals surface area contributed by atoms with E-state index in [1.165, 1.54) is 6.07 Å². The lowest BCUT2D eigenvalue weighted by Gasteiger charge is -2.09. The van der Waals surface area contributed by atoms with Crippen molar-refractivity contribution >= 4 is 22.8 Å². The van der Waals surface area contributed by atoms with Crippen LogP contribution in [-0.4, -0.2) is 34.7 Å². The van der Waals surface area contributed by atoms with Gasteiger partial charge in [0, 0.05) is 5.39 Å².